The zero-order valence-electron chi connectivity index (χ0n) is 15.7. The van der Waals surface area contributed by atoms with Gasteiger partial charge in [0.2, 0.25) is 21.8 Å². The number of hydrogen-bond acceptors (Lipinski definition) is 7. The molecule has 0 unspecified atom stereocenters. The monoisotopic (exact) mass is 397 g/mol. The first-order valence-electron chi connectivity index (χ1n) is 9.73. The van der Waals surface area contributed by atoms with Gasteiger partial charge in [-0.25, -0.2) is 8.42 Å². The molecule has 150 valence electrons. The highest BCUT2D eigenvalue weighted by Gasteiger charge is 2.44. The summed E-state index contributed by atoms with van der Waals surface area (Å²) in [7, 11) is -3.35. The summed E-state index contributed by atoms with van der Waals surface area (Å²) in [6.07, 6.45) is 4.13. The van der Waals surface area contributed by atoms with E-state index in [0.29, 0.717) is 57.5 Å². The molecule has 1 saturated carbocycles. The molecule has 1 aromatic heterocycles. The van der Waals surface area contributed by atoms with Crippen molar-refractivity contribution in [2.75, 3.05) is 39.3 Å². The second-order valence-corrected chi connectivity index (χ2v) is 10.0. The first-order chi connectivity index (χ1) is 12.9. The molecule has 0 atom stereocenters. The quantitative estimate of drug-likeness (QED) is 0.701. The van der Waals surface area contributed by atoms with Gasteiger partial charge in [0.05, 0.1) is 6.54 Å². The third-order valence-electron chi connectivity index (χ3n) is 5.91. The number of amides is 1. The van der Waals surface area contributed by atoms with E-state index >= 15 is 0 Å². The average Bonchev–Trinajstić information content (AvgIpc) is 3.25. The van der Waals surface area contributed by atoms with E-state index in [1.165, 1.54) is 0 Å². The molecule has 1 aromatic rings. The van der Waals surface area contributed by atoms with Gasteiger partial charge < -0.3 is 9.42 Å². The van der Waals surface area contributed by atoms with Crippen LogP contribution in [0.2, 0.25) is 0 Å². The minimum absolute atomic E-state index is 0.116. The molecule has 27 heavy (non-hydrogen) atoms. The molecule has 0 bridgehead atoms. The van der Waals surface area contributed by atoms with Crippen molar-refractivity contribution in [1.82, 2.24) is 24.2 Å². The SMILES string of the molecule is Cc1noc(CN2CCN(S(=O)(=O)C3CN(C(=O)C4CCCC4)C3)CC2)n1. The van der Waals surface area contributed by atoms with E-state index in [1.54, 1.807) is 16.1 Å². The second kappa shape index (κ2) is 7.48. The Hall–Kier alpha value is -1.52. The number of nitrogens with zero attached hydrogens (tertiary/aromatic N) is 5. The van der Waals surface area contributed by atoms with Crippen molar-refractivity contribution < 1.29 is 17.7 Å². The summed E-state index contributed by atoms with van der Waals surface area (Å²) in [4.78, 5) is 20.4. The van der Waals surface area contributed by atoms with Crippen LogP contribution < -0.4 is 0 Å². The van der Waals surface area contributed by atoms with Gasteiger partial charge in [-0.05, 0) is 19.8 Å². The van der Waals surface area contributed by atoms with Crippen LogP contribution in [0.5, 0.6) is 0 Å². The molecule has 0 N–H and O–H groups in total. The summed E-state index contributed by atoms with van der Waals surface area (Å²) in [5.41, 5.74) is 0. The van der Waals surface area contributed by atoms with Gasteiger partial charge in [0.15, 0.2) is 5.82 Å². The lowest BCUT2D eigenvalue weighted by Gasteiger charge is -2.43. The molecule has 10 heteroatoms. The number of sulfonamides is 1. The van der Waals surface area contributed by atoms with Gasteiger partial charge in [0.25, 0.3) is 0 Å². The molecule has 3 aliphatic rings. The van der Waals surface area contributed by atoms with Crippen LogP contribution in [0.4, 0.5) is 0 Å². The van der Waals surface area contributed by atoms with E-state index in [0.717, 1.165) is 25.7 Å². The fourth-order valence-corrected chi connectivity index (χ4v) is 6.02. The summed E-state index contributed by atoms with van der Waals surface area (Å²) >= 11 is 0. The molecular weight excluding hydrogens is 370 g/mol. The Bertz CT molecular complexity index is 775. The van der Waals surface area contributed by atoms with Gasteiger partial charge in [0, 0.05) is 45.2 Å². The van der Waals surface area contributed by atoms with Gasteiger partial charge in [-0.15, -0.1) is 0 Å². The number of rotatable bonds is 5. The third kappa shape index (κ3) is 3.88. The van der Waals surface area contributed by atoms with E-state index < -0.39 is 15.3 Å². The van der Waals surface area contributed by atoms with Crippen molar-refractivity contribution in [2.45, 2.75) is 44.4 Å². The Morgan fingerprint density at radius 1 is 1.15 bits per heavy atom. The zero-order chi connectivity index (χ0) is 19.0. The molecule has 2 aliphatic heterocycles. The number of likely N-dealkylation sites (tertiary alicyclic amines) is 1. The molecule has 2 saturated heterocycles. The topological polar surface area (TPSA) is 99.9 Å². The number of carbonyl (C=O) groups excluding carboxylic acids is 1. The fourth-order valence-electron chi connectivity index (χ4n) is 4.19. The first kappa shape index (κ1) is 18.8. The lowest BCUT2D eigenvalue weighted by atomic mass is 10.0. The van der Waals surface area contributed by atoms with Gasteiger partial charge >= 0.3 is 0 Å². The van der Waals surface area contributed by atoms with Crippen LogP contribution in [0.3, 0.4) is 0 Å². The van der Waals surface area contributed by atoms with Crippen LogP contribution in [0.15, 0.2) is 4.52 Å². The summed E-state index contributed by atoms with van der Waals surface area (Å²) in [5, 5.41) is 3.33. The maximum atomic E-state index is 12.9. The van der Waals surface area contributed by atoms with Crippen LogP contribution >= 0.6 is 0 Å². The lowest BCUT2D eigenvalue weighted by molar-refractivity contribution is -0.138. The van der Waals surface area contributed by atoms with Crippen LogP contribution in [0.25, 0.3) is 0 Å². The zero-order valence-corrected chi connectivity index (χ0v) is 16.5. The van der Waals surface area contributed by atoms with Gasteiger partial charge in [0.1, 0.15) is 5.25 Å². The maximum absolute atomic E-state index is 12.9. The standard InChI is InChI=1S/C17H27N5O4S/c1-13-18-16(26-19-13)12-20-6-8-22(9-7-20)27(24,25)15-10-21(11-15)17(23)14-4-2-3-5-14/h14-15H,2-12H2,1H3. The first-order valence-corrected chi connectivity index (χ1v) is 11.2. The Labute approximate surface area is 159 Å². The molecule has 9 nitrogen and oxygen atoms in total. The molecular formula is C17H27N5O4S. The third-order valence-corrected chi connectivity index (χ3v) is 8.13. The minimum Gasteiger partial charge on any atom is -0.340 e. The predicted octanol–water partition coefficient (Wildman–Crippen LogP) is 0.226. The van der Waals surface area contributed by atoms with Gasteiger partial charge in [-0.3, -0.25) is 9.69 Å². The molecule has 0 spiro atoms. The van der Waals surface area contributed by atoms with Crippen molar-refractivity contribution in [2.24, 2.45) is 5.92 Å². The van der Waals surface area contributed by atoms with Crippen LogP contribution in [0.1, 0.15) is 37.4 Å². The van der Waals surface area contributed by atoms with Crippen molar-refractivity contribution in [1.29, 1.82) is 0 Å². The van der Waals surface area contributed by atoms with Crippen LogP contribution in [-0.2, 0) is 21.4 Å². The van der Waals surface area contributed by atoms with E-state index in [4.69, 9.17) is 4.52 Å². The number of carbonyl (C=O) groups is 1. The second-order valence-electron chi connectivity index (χ2n) is 7.80. The molecule has 3 fully saturated rings. The summed E-state index contributed by atoms with van der Waals surface area (Å²) in [6, 6.07) is 0. The van der Waals surface area contributed by atoms with E-state index in [2.05, 4.69) is 15.0 Å². The van der Waals surface area contributed by atoms with Crippen molar-refractivity contribution in [3.63, 3.8) is 0 Å². The molecule has 3 heterocycles. The average molecular weight is 398 g/mol. The highest BCUT2D eigenvalue weighted by atomic mass is 32.2. The van der Waals surface area contributed by atoms with E-state index in [1.807, 2.05) is 0 Å². The van der Waals surface area contributed by atoms with Gasteiger partial charge in [-0.1, -0.05) is 18.0 Å². The van der Waals surface area contributed by atoms with E-state index in [9.17, 15) is 13.2 Å². The fraction of sp³-hybridized carbons (Fsp3) is 0.824. The van der Waals surface area contributed by atoms with Crippen LogP contribution in [0, 0.1) is 12.8 Å². The number of piperazine rings is 1. The number of aryl methyl sites for hydroxylation is 1. The molecule has 1 aliphatic carbocycles. The van der Waals surface area contributed by atoms with E-state index in [-0.39, 0.29) is 11.8 Å². The smallest absolute Gasteiger partial charge is 0.240 e. The minimum atomic E-state index is -3.35. The largest absolute Gasteiger partial charge is 0.340 e. The molecule has 0 aromatic carbocycles. The van der Waals surface area contributed by atoms with Crippen molar-refractivity contribution >= 4 is 15.9 Å². The lowest BCUT2D eigenvalue weighted by Crippen LogP contribution is -2.62. The highest BCUT2D eigenvalue weighted by molar-refractivity contribution is 7.89. The summed E-state index contributed by atoms with van der Waals surface area (Å²) in [5.74, 6) is 1.43. The van der Waals surface area contributed by atoms with Crippen LogP contribution in [-0.4, -0.2) is 83.1 Å². The summed E-state index contributed by atoms with van der Waals surface area (Å²) < 4.78 is 32.4. The van der Waals surface area contributed by atoms with Gasteiger partial charge in [-0.2, -0.15) is 9.29 Å². The highest BCUT2D eigenvalue weighted by Crippen LogP contribution is 2.30. The number of aromatic nitrogens is 2. The Morgan fingerprint density at radius 3 is 2.41 bits per heavy atom. The molecule has 4 rings (SSSR count). The Kier molecular flexibility index (Phi) is 5.21. The predicted molar refractivity (Wildman–Crippen MR) is 97.1 cm³/mol. The number of hydrogen-bond donors (Lipinski definition) is 0. The van der Waals surface area contributed by atoms with Crippen molar-refractivity contribution in [3.8, 4) is 0 Å². The Morgan fingerprint density at radius 2 is 1.81 bits per heavy atom. The summed E-state index contributed by atoms with van der Waals surface area (Å²) in [6.45, 7) is 5.21. The normalized spacial score (nSPS) is 23.7. The maximum Gasteiger partial charge on any atom is 0.240 e. The Balaban J connectivity index is 1.26. The molecule has 0 radical (unpaired) electrons. The molecule has 1 amide bonds. The van der Waals surface area contributed by atoms with Crippen molar-refractivity contribution in [3.05, 3.63) is 11.7 Å².